The van der Waals surface area contributed by atoms with Crippen molar-refractivity contribution in [1.82, 2.24) is 0 Å². The fourth-order valence-electron chi connectivity index (χ4n) is 6.37. The molecular weight excluding hydrogens is 932 g/mol. The van der Waals surface area contributed by atoms with E-state index in [4.69, 9.17) is 18.9 Å². The first-order valence-electron chi connectivity index (χ1n) is 22.2. The zero-order valence-electron chi connectivity index (χ0n) is 40.6. The summed E-state index contributed by atoms with van der Waals surface area (Å²) < 4.78 is 101. The molecule has 11 nitrogen and oxygen atoms in total. The lowest BCUT2D eigenvalue weighted by Gasteiger charge is -2.35. The predicted octanol–water partition coefficient (Wildman–Crippen LogP) is 12.8. The maximum absolute atomic E-state index is 14.5. The van der Waals surface area contributed by atoms with Crippen molar-refractivity contribution in [2.45, 2.75) is 98.2 Å². The summed E-state index contributed by atoms with van der Waals surface area (Å²) in [6.45, 7) is 30.6. The maximum atomic E-state index is 14.5. The van der Waals surface area contributed by atoms with E-state index in [1.165, 1.54) is 51.1 Å². The zero-order chi connectivity index (χ0) is 53.3. The van der Waals surface area contributed by atoms with Gasteiger partial charge in [-0.2, -0.15) is 8.78 Å². The Balaban J connectivity index is 0.000000285. The van der Waals surface area contributed by atoms with Gasteiger partial charge in [0.1, 0.15) is 29.6 Å². The average molecular weight is 989 g/mol. The van der Waals surface area contributed by atoms with Gasteiger partial charge in [0.2, 0.25) is 11.6 Å². The predicted molar refractivity (Wildman–Crippen MR) is 259 cm³/mol. The minimum atomic E-state index is -1.44. The Kier molecular flexibility index (Phi) is 21.9. The summed E-state index contributed by atoms with van der Waals surface area (Å²) in [6.07, 6.45) is 4.72. The second kappa shape index (κ2) is 27.0. The van der Waals surface area contributed by atoms with Gasteiger partial charge < -0.3 is 28.4 Å². The smallest absolute Gasteiger partial charge is 0.338 e. The molecule has 4 aromatic carbocycles. The van der Waals surface area contributed by atoms with E-state index >= 15 is 0 Å². The molecule has 0 amide bonds. The number of unbranched alkanes of at least 4 members (excludes halogenated alkanes) is 2. The summed E-state index contributed by atoms with van der Waals surface area (Å²) in [6, 6.07) is 12.3. The van der Waals surface area contributed by atoms with Crippen LogP contribution in [0.2, 0.25) is 0 Å². The number of halogens is 5. The third-order valence-electron chi connectivity index (χ3n) is 10.3. The summed E-state index contributed by atoms with van der Waals surface area (Å²) >= 11 is 0. The van der Waals surface area contributed by atoms with Gasteiger partial charge in [-0.05, 0) is 108 Å². The molecule has 0 radical (unpaired) electrons. The molecule has 0 saturated heterocycles. The Labute approximate surface area is 409 Å². The number of carbonyl (C=O) groups excluding carboxylic acids is 5. The van der Waals surface area contributed by atoms with E-state index in [-0.39, 0.29) is 61.9 Å². The minimum Gasteiger partial charge on any atom is -0.490 e. The number of fused-ring (bicyclic) bond motifs is 1. The van der Waals surface area contributed by atoms with Crippen LogP contribution in [0, 0.1) is 29.1 Å². The van der Waals surface area contributed by atoms with Crippen molar-refractivity contribution >= 4 is 46.7 Å². The highest BCUT2D eigenvalue weighted by Gasteiger charge is 2.37. The van der Waals surface area contributed by atoms with Gasteiger partial charge in [-0.15, -0.1) is 0 Å². The molecule has 0 bridgehead atoms. The lowest BCUT2D eigenvalue weighted by Crippen LogP contribution is -2.40. The monoisotopic (exact) mass is 988 g/mol. The van der Waals surface area contributed by atoms with Crippen LogP contribution in [0.3, 0.4) is 0 Å². The topological polar surface area (TPSA) is 141 Å². The van der Waals surface area contributed by atoms with Crippen LogP contribution in [0.1, 0.15) is 97.1 Å². The summed E-state index contributed by atoms with van der Waals surface area (Å²) in [5.41, 5.74) is 2.06. The molecule has 71 heavy (non-hydrogen) atoms. The quantitative estimate of drug-likeness (QED) is 0.0328. The molecule has 1 aliphatic rings. The number of esters is 5. The molecule has 0 spiro atoms. The highest BCUT2D eigenvalue weighted by Crippen LogP contribution is 2.37. The number of hydrogen-bond donors (Lipinski definition) is 0. The molecule has 1 fully saturated rings. The van der Waals surface area contributed by atoms with Crippen LogP contribution in [0.4, 0.5) is 22.0 Å². The molecular formula is C55H57F5O11. The SMILES string of the molecule is C=C(C)C(=O)Oc1cc(F)c2c(F)c(OCCCCC)ccc2c1.C=C(C)C(=O)Oc1ccc(OC(=O)C(=C)C)c(F)c1F.C=Cc1ccc(C2CCC(OC(=O)C(=C)C)C(OC(=O)C(=C)C)C2)cc1F. The van der Waals surface area contributed by atoms with Gasteiger partial charge in [0.05, 0.1) is 12.0 Å². The Morgan fingerprint density at radius 2 is 1.08 bits per heavy atom. The van der Waals surface area contributed by atoms with Gasteiger partial charge in [-0.1, -0.05) is 83.5 Å². The number of rotatable bonds is 17. The zero-order valence-corrected chi connectivity index (χ0v) is 40.6. The van der Waals surface area contributed by atoms with E-state index in [9.17, 15) is 45.9 Å². The van der Waals surface area contributed by atoms with E-state index < -0.39 is 76.8 Å². The Morgan fingerprint density at radius 3 is 1.58 bits per heavy atom. The highest BCUT2D eigenvalue weighted by molar-refractivity contribution is 5.92. The van der Waals surface area contributed by atoms with Crippen molar-refractivity contribution in [2.24, 2.45) is 0 Å². The molecule has 0 N–H and O–H groups in total. The molecule has 4 aromatic rings. The van der Waals surface area contributed by atoms with Gasteiger partial charge in [0.15, 0.2) is 23.1 Å². The third-order valence-corrected chi connectivity index (χ3v) is 10.3. The van der Waals surface area contributed by atoms with E-state index in [1.807, 2.05) is 6.07 Å². The van der Waals surface area contributed by atoms with Crippen molar-refractivity contribution in [3.05, 3.63) is 162 Å². The number of hydrogen-bond acceptors (Lipinski definition) is 11. The number of benzene rings is 4. The lowest BCUT2D eigenvalue weighted by molar-refractivity contribution is -0.167. The van der Waals surface area contributed by atoms with Gasteiger partial charge in [-0.3, -0.25) is 0 Å². The molecule has 5 rings (SSSR count). The van der Waals surface area contributed by atoms with Crippen LogP contribution < -0.4 is 18.9 Å². The van der Waals surface area contributed by atoms with Crippen molar-refractivity contribution in [2.75, 3.05) is 6.61 Å². The maximum Gasteiger partial charge on any atom is 0.338 e. The van der Waals surface area contributed by atoms with E-state index in [1.54, 1.807) is 19.9 Å². The summed E-state index contributed by atoms with van der Waals surface area (Å²) in [7, 11) is 0. The Hall–Kier alpha value is -7.62. The van der Waals surface area contributed by atoms with Gasteiger partial charge in [-0.25, -0.2) is 37.1 Å². The van der Waals surface area contributed by atoms with Gasteiger partial charge in [0, 0.05) is 39.5 Å². The summed E-state index contributed by atoms with van der Waals surface area (Å²) in [5.74, 6) is -9.51. The van der Waals surface area contributed by atoms with Crippen LogP contribution in [0.25, 0.3) is 16.8 Å². The van der Waals surface area contributed by atoms with Crippen molar-refractivity contribution in [3.8, 4) is 23.0 Å². The lowest BCUT2D eigenvalue weighted by atomic mass is 9.80. The van der Waals surface area contributed by atoms with Crippen LogP contribution in [0.15, 0.2) is 122 Å². The fourth-order valence-corrected chi connectivity index (χ4v) is 6.37. The van der Waals surface area contributed by atoms with Crippen LogP contribution in [0.5, 0.6) is 23.0 Å². The molecule has 0 aromatic heterocycles. The van der Waals surface area contributed by atoms with E-state index in [2.05, 4.69) is 55.9 Å². The minimum absolute atomic E-state index is 0.00372. The number of carbonyl (C=O) groups is 5. The molecule has 3 atom stereocenters. The standard InChI is InChI=1S/C22H25FO4.C19H20F2O3.C14H12F2O4/c1-6-15-7-8-16(11-18(15)23)17-9-10-19(26-21(24)13(2)3)20(12-17)27-22(25)14(4)5;1-4-5-6-9-23-16-8-7-13-10-14(24-19(22)12(2)3)11-15(20)17(13)18(16)21;1-7(2)13(17)19-9-5-6-10(12(16)11(9)15)20-14(18)8(3)4/h6-8,11,17,19-20H,1-2,4,9-10,12H2,3,5H3;7-8,10-11H,2,4-6,9H2,1,3H3;5-6H,1,3H2,2,4H3. The highest BCUT2D eigenvalue weighted by atomic mass is 19.2. The molecule has 0 aliphatic heterocycles. The molecule has 1 saturated carbocycles. The van der Waals surface area contributed by atoms with Crippen molar-refractivity contribution in [3.63, 3.8) is 0 Å². The first-order valence-corrected chi connectivity index (χ1v) is 22.2. The Morgan fingerprint density at radius 1 is 0.577 bits per heavy atom. The van der Waals surface area contributed by atoms with Crippen LogP contribution in [-0.4, -0.2) is 48.7 Å². The number of ether oxygens (including phenoxy) is 6. The van der Waals surface area contributed by atoms with Crippen LogP contribution in [-0.2, 0) is 33.4 Å². The van der Waals surface area contributed by atoms with E-state index in [0.29, 0.717) is 31.4 Å². The summed E-state index contributed by atoms with van der Waals surface area (Å²) in [5, 5.41) is 0.107. The molecule has 3 unspecified atom stereocenters. The second-order valence-corrected chi connectivity index (χ2v) is 16.6. The first kappa shape index (κ1) is 57.7. The Bertz CT molecular complexity index is 2690. The van der Waals surface area contributed by atoms with Crippen molar-refractivity contribution < 1.29 is 74.3 Å². The molecule has 0 heterocycles. The molecule has 1 aliphatic carbocycles. The molecule has 378 valence electrons. The van der Waals surface area contributed by atoms with E-state index in [0.717, 1.165) is 43.0 Å². The van der Waals surface area contributed by atoms with Crippen LogP contribution >= 0.6 is 0 Å². The van der Waals surface area contributed by atoms with Gasteiger partial charge >= 0.3 is 29.8 Å². The fraction of sp³-hybridized carbons (Fsp3) is 0.291. The third kappa shape index (κ3) is 16.8. The van der Waals surface area contributed by atoms with Crippen molar-refractivity contribution in [1.29, 1.82) is 0 Å². The summed E-state index contributed by atoms with van der Waals surface area (Å²) in [4.78, 5) is 57.9. The first-order chi connectivity index (χ1) is 33.4. The normalized spacial score (nSPS) is 14.7. The molecule has 16 heteroatoms. The average Bonchev–Trinajstić information content (AvgIpc) is 3.31. The van der Waals surface area contributed by atoms with Gasteiger partial charge in [0.25, 0.3) is 0 Å². The second-order valence-electron chi connectivity index (χ2n) is 16.6. The largest absolute Gasteiger partial charge is 0.490 e.